The second-order valence-corrected chi connectivity index (χ2v) is 4.36. The van der Waals surface area contributed by atoms with E-state index in [-0.39, 0.29) is 12.5 Å². The van der Waals surface area contributed by atoms with Gasteiger partial charge in [0.15, 0.2) is 0 Å². The van der Waals surface area contributed by atoms with Crippen LogP contribution in [0, 0.1) is 5.92 Å². The molecule has 0 bridgehead atoms. The van der Waals surface area contributed by atoms with Crippen LogP contribution in [-0.2, 0) is 11.3 Å². The van der Waals surface area contributed by atoms with Gasteiger partial charge in [0.25, 0.3) is 0 Å². The maximum atomic E-state index is 10.8. The molecule has 0 radical (unpaired) electrons. The summed E-state index contributed by atoms with van der Waals surface area (Å²) in [6, 6.07) is 3.81. The van der Waals surface area contributed by atoms with Crippen LogP contribution in [0.2, 0.25) is 0 Å². The summed E-state index contributed by atoms with van der Waals surface area (Å²) in [6.07, 6.45) is 5.34. The third-order valence-electron chi connectivity index (χ3n) is 3.23. The normalized spacial score (nSPS) is 18.0. The largest absolute Gasteiger partial charge is 0.481 e. The Balaban J connectivity index is 1.83. The van der Waals surface area contributed by atoms with Gasteiger partial charge < -0.3 is 14.8 Å². The number of carboxylic acid groups (broad SMARTS) is 1. The van der Waals surface area contributed by atoms with Crippen molar-refractivity contribution in [1.29, 1.82) is 0 Å². The van der Waals surface area contributed by atoms with Crippen molar-refractivity contribution in [2.75, 3.05) is 0 Å². The molecule has 2 rings (SSSR count). The molecule has 1 heterocycles. The Bertz CT molecular complexity index is 330. The average Bonchev–Trinajstić information content (AvgIpc) is 2.62. The van der Waals surface area contributed by atoms with Gasteiger partial charge in [0, 0.05) is 6.04 Å². The first-order valence-corrected chi connectivity index (χ1v) is 5.73. The molecule has 1 aromatic heterocycles. The van der Waals surface area contributed by atoms with Gasteiger partial charge in [0.05, 0.1) is 19.2 Å². The van der Waals surface area contributed by atoms with Gasteiger partial charge in [-0.15, -0.1) is 0 Å². The summed E-state index contributed by atoms with van der Waals surface area (Å²) in [7, 11) is 0. The van der Waals surface area contributed by atoms with Crippen molar-refractivity contribution in [1.82, 2.24) is 5.32 Å². The van der Waals surface area contributed by atoms with Gasteiger partial charge in [-0.1, -0.05) is 6.42 Å². The van der Waals surface area contributed by atoms with Crippen molar-refractivity contribution in [3.05, 3.63) is 24.2 Å². The second-order valence-electron chi connectivity index (χ2n) is 4.36. The molecule has 16 heavy (non-hydrogen) atoms. The molecule has 1 atom stereocenters. The minimum atomic E-state index is -0.733. The SMILES string of the molecule is O=C(O)CC(NCc1ccco1)C1CCC1. The van der Waals surface area contributed by atoms with E-state index >= 15 is 0 Å². The highest BCUT2D eigenvalue weighted by molar-refractivity contribution is 5.67. The number of nitrogens with one attached hydrogen (secondary N) is 1. The Morgan fingerprint density at radius 2 is 2.44 bits per heavy atom. The quantitative estimate of drug-likeness (QED) is 0.774. The fourth-order valence-electron chi connectivity index (χ4n) is 2.08. The number of hydrogen-bond acceptors (Lipinski definition) is 3. The lowest BCUT2D eigenvalue weighted by molar-refractivity contribution is -0.138. The number of carbonyl (C=O) groups is 1. The van der Waals surface area contributed by atoms with Crippen LogP contribution in [0.15, 0.2) is 22.8 Å². The molecule has 0 aromatic carbocycles. The van der Waals surface area contributed by atoms with Gasteiger partial charge in [-0.25, -0.2) is 0 Å². The summed E-state index contributed by atoms with van der Waals surface area (Å²) in [5.41, 5.74) is 0. The van der Waals surface area contributed by atoms with E-state index in [9.17, 15) is 4.79 Å². The summed E-state index contributed by atoms with van der Waals surface area (Å²) < 4.78 is 5.21. The van der Waals surface area contributed by atoms with Gasteiger partial charge in [0.2, 0.25) is 0 Å². The highest BCUT2D eigenvalue weighted by atomic mass is 16.4. The van der Waals surface area contributed by atoms with Crippen molar-refractivity contribution in [2.24, 2.45) is 5.92 Å². The predicted molar refractivity (Wildman–Crippen MR) is 58.9 cm³/mol. The average molecular weight is 223 g/mol. The standard InChI is InChI=1S/C12H17NO3/c14-12(15)7-11(9-3-1-4-9)13-8-10-5-2-6-16-10/h2,5-6,9,11,13H,1,3-4,7-8H2,(H,14,15). The zero-order valence-corrected chi connectivity index (χ0v) is 9.19. The highest BCUT2D eigenvalue weighted by Crippen LogP contribution is 2.31. The van der Waals surface area contributed by atoms with Gasteiger partial charge in [-0.3, -0.25) is 4.79 Å². The molecule has 1 saturated carbocycles. The topological polar surface area (TPSA) is 62.5 Å². The van der Waals surface area contributed by atoms with E-state index in [1.165, 1.54) is 6.42 Å². The molecule has 1 aromatic rings. The number of aliphatic carboxylic acids is 1. The summed E-state index contributed by atoms with van der Waals surface area (Å²) in [5.74, 6) is 0.643. The van der Waals surface area contributed by atoms with Crippen molar-refractivity contribution in [2.45, 2.75) is 38.3 Å². The minimum Gasteiger partial charge on any atom is -0.481 e. The highest BCUT2D eigenvalue weighted by Gasteiger charge is 2.28. The zero-order valence-electron chi connectivity index (χ0n) is 9.19. The molecule has 2 N–H and O–H groups in total. The molecule has 0 aliphatic heterocycles. The predicted octanol–water partition coefficient (Wildman–Crippen LogP) is 2.01. The smallest absolute Gasteiger partial charge is 0.304 e. The molecule has 88 valence electrons. The van der Waals surface area contributed by atoms with E-state index in [0.717, 1.165) is 18.6 Å². The third kappa shape index (κ3) is 2.85. The van der Waals surface area contributed by atoms with Crippen LogP contribution in [0.1, 0.15) is 31.4 Å². The lowest BCUT2D eigenvalue weighted by atomic mass is 9.78. The molecule has 0 spiro atoms. The van der Waals surface area contributed by atoms with Gasteiger partial charge in [0.1, 0.15) is 5.76 Å². The zero-order chi connectivity index (χ0) is 11.4. The van der Waals surface area contributed by atoms with E-state index in [1.807, 2.05) is 12.1 Å². The van der Waals surface area contributed by atoms with E-state index in [2.05, 4.69) is 5.32 Å². The summed E-state index contributed by atoms with van der Waals surface area (Å²) in [5, 5.41) is 12.1. The van der Waals surface area contributed by atoms with Gasteiger partial charge >= 0.3 is 5.97 Å². The minimum absolute atomic E-state index is 0.0800. The van der Waals surface area contributed by atoms with Crippen LogP contribution in [0.5, 0.6) is 0 Å². The van der Waals surface area contributed by atoms with Crippen LogP contribution < -0.4 is 5.32 Å². The molecule has 0 amide bonds. The number of carboxylic acids is 1. The first-order valence-electron chi connectivity index (χ1n) is 5.73. The maximum Gasteiger partial charge on any atom is 0.304 e. The summed E-state index contributed by atoms with van der Waals surface area (Å²) >= 11 is 0. The fourth-order valence-corrected chi connectivity index (χ4v) is 2.08. The molecule has 0 saturated heterocycles. The molecular weight excluding hydrogens is 206 g/mol. The van der Waals surface area contributed by atoms with E-state index in [0.29, 0.717) is 12.5 Å². The van der Waals surface area contributed by atoms with E-state index in [4.69, 9.17) is 9.52 Å². The monoisotopic (exact) mass is 223 g/mol. The maximum absolute atomic E-state index is 10.8. The molecule has 1 unspecified atom stereocenters. The fraction of sp³-hybridized carbons (Fsp3) is 0.583. The molecule has 1 aliphatic carbocycles. The first kappa shape index (κ1) is 11.2. The molecular formula is C12H17NO3. The van der Waals surface area contributed by atoms with E-state index < -0.39 is 5.97 Å². The van der Waals surface area contributed by atoms with Crippen LogP contribution in [0.25, 0.3) is 0 Å². The van der Waals surface area contributed by atoms with Gasteiger partial charge in [-0.05, 0) is 30.9 Å². The van der Waals surface area contributed by atoms with Crippen LogP contribution in [0.3, 0.4) is 0 Å². The van der Waals surface area contributed by atoms with Crippen LogP contribution >= 0.6 is 0 Å². The van der Waals surface area contributed by atoms with Crippen LogP contribution in [-0.4, -0.2) is 17.1 Å². The van der Waals surface area contributed by atoms with Crippen molar-refractivity contribution in [3.8, 4) is 0 Å². The third-order valence-corrected chi connectivity index (χ3v) is 3.23. The second kappa shape index (κ2) is 5.16. The Kier molecular flexibility index (Phi) is 3.62. The molecule has 4 nitrogen and oxygen atoms in total. The summed E-state index contributed by atoms with van der Waals surface area (Å²) in [6.45, 7) is 0.613. The lowest BCUT2D eigenvalue weighted by Gasteiger charge is -2.33. The van der Waals surface area contributed by atoms with Crippen molar-refractivity contribution in [3.63, 3.8) is 0 Å². The molecule has 4 heteroatoms. The number of rotatable bonds is 6. The first-order chi connectivity index (χ1) is 7.75. The number of furan rings is 1. The molecule has 1 fully saturated rings. The van der Waals surface area contributed by atoms with Crippen LogP contribution in [0.4, 0.5) is 0 Å². The lowest BCUT2D eigenvalue weighted by Crippen LogP contribution is -2.40. The summed E-state index contributed by atoms with van der Waals surface area (Å²) in [4.78, 5) is 10.8. The Morgan fingerprint density at radius 3 is 2.94 bits per heavy atom. The Hall–Kier alpha value is -1.29. The molecule has 1 aliphatic rings. The van der Waals surface area contributed by atoms with Crippen molar-refractivity contribution >= 4 is 5.97 Å². The number of hydrogen-bond donors (Lipinski definition) is 2. The Labute approximate surface area is 94.6 Å². The van der Waals surface area contributed by atoms with Gasteiger partial charge in [-0.2, -0.15) is 0 Å². The Morgan fingerprint density at radius 1 is 1.62 bits per heavy atom. The van der Waals surface area contributed by atoms with Crippen molar-refractivity contribution < 1.29 is 14.3 Å². The van der Waals surface area contributed by atoms with E-state index in [1.54, 1.807) is 6.26 Å².